The number of hydrogen-bond donors (Lipinski definition) is 2. The van der Waals surface area contributed by atoms with Crippen molar-refractivity contribution in [3.63, 3.8) is 0 Å². The van der Waals surface area contributed by atoms with Crippen LogP contribution in [0.4, 0.5) is 0 Å². The predicted octanol–water partition coefficient (Wildman–Crippen LogP) is 3.92. The average molecular weight is 730 g/mol. The van der Waals surface area contributed by atoms with Gasteiger partial charge in [-0.1, -0.05) is 50.1 Å². The monoisotopic (exact) mass is 728 g/mol. The molecule has 4 unspecified atom stereocenters. The number of nitrogens with zero attached hydrogens (tertiary/aromatic N) is 1. The number of amides is 1. The van der Waals surface area contributed by atoms with Gasteiger partial charge in [0.1, 0.15) is 12.2 Å². The molecule has 6 aliphatic rings. The van der Waals surface area contributed by atoms with E-state index in [4.69, 9.17) is 18.9 Å². The molecule has 9 nitrogen and oxygen atoms in total. The second kappa shape index (κ2) is 11.2. The summed E-state index contributed by atoms with van der Waals surface area (Å²) in [6, 6.07) is 3.89. The van der Waals surface area contributed by atoms with Crippen LogP contribution in [0.5, 0.6) is 23.0 Å². The molecule has 44 heavy (non-hydrogen) atoms. The third-order valence-corrected chi connectivity index (χ3v) is 11.3. The Morgan fingerprint density at radius 3 is 2.34 bits per heavy atom. The topological polar surface area (TPSA) is 107 Å². The molecule has 4 heterocycles. The fourth-order valence-electron chi connectivity index (χ4n) is 7.82. The van der Waals surface area contributed by atoms with E-state index in [0.29, 0.717) is 37.4 Å². The van der Waals surface area contributed by atoms with Gasteiger partial charge in [-0.3, -0.25) is 9.59 Å². The molecule has 0 fully saturated rings. The van der Waals surface area contributed by atoms with Crippen molar-refractivity contribution in [1.82, 2.24) is 10.2 Å². The van der Waals surface area contributed by atoms with E-state index in [2.05, 4.69) is 43.3 Å². The predicted molar refractivity (Wildman–Crippen MR) is 170 cm³/mol. The van der Waals surface area contributed by atoms with Crippen molar-refractivity contribution in [1.29, 1.82) is 0 Å². The number of nitrogens with one attached hydrogen (secondary N) is 1. The number of carbonyl (C=O) groups is 2. The smallest absolute Gasteiger partial charge is 0.209 e. The molecule has 0 radical (unpaired) electrons. The SMILES string of the molecule is COc1cc(Br)c2c3c1OC1CC(=O)C=CC31CN(C=O)CC2.COc1cc(Br)c2c3c1OC1C[C@@H](O)C=CC31CNCC2. The summed E-state index contributed by atoms with van der Waals surface area (Å²) in [5, 5.41) is 13.5. The number of aliphatic hydroxyl groups is 1. The number of ketones is 1. The van der Waals surface area contributed by atoms with Crippen LogP contribution in [0.1, 0.15) is 35.1 Å². The van der Waals surface area contributed by atoms with Crippen LogP contribution in [0.2, 0.25) is 0 Å². The summed E-state index contributed by atoms with van der Waals surface area (Å²) < 4.78 is 25.4. The Kier molecular flexibility index (Phi) is 7.58. The molecular formula is C33H34Br2N2O7. The highest BCUT2D eigenvalue weighted by Gasteiger charge is 2.55. The van der Waals surface area contributed by atoms with Crippen molar-refractivity contribution in [2.24, 2.45) is 0 Å². The minimum atomic E-state index is -0.479. The van der Waals surface area contributed by atoms with E-state index in [1.165, 1.54) is 11.1 Å². The van der Waals surface area contributed by atoms with Crippen molar-refractivity contribution in [3.8, 4) is 23.0 Å². The zero-order chi connectivity index (χ0) is 30.8. The van der Waals surface area contributed by atoms with Gasteiger partial charge < -0.3 is 34.3 Å². The van der Waals surface area contributed by atoms with Crippen molar-refractivity contribution in [3.05, 3.63) is 67.6 Å². The Hall–Kier alpha value is -2.86. The second-order valence-corrected chi connectivity index (χ2v) is 13.9. The van der Waals surface area contributed by atoms with Crippen LogP contribution in [0, 0.1) is 0 Å². The van der Waals surface area contributed by atoms with Crippen molar-refractivity contribution >= 4 is 44.1 Å². The van der Waals surface area contributed by atoms with Crippen LogP contribution in [-0.2, 0) is 33.3 Å². The van der Waals surface area contributed by atoms with Gasteiger partial charge in [0, 0.05) is 52.5 Å². The summed E-state index contributed by atoms with van der Waals surface area (Å²) >= 11 is 7.32. The van der Waals surface area contributed by atoms with E-state index in [-0.39, 0.29) is 23.4 Å². The zero-order valence-corrected chi connectivity index (χ0v) is 27.7. The lowest BCUT2D eigenvalue weighted by molar-refractivity contribution is -0.119. The van der Waals surface area contributed by atoms with Crippen molar-refractivity contribution in [2.75, 3.05) is 40.4 Å². The van der Waals surface area contributed by atoms with Gasteiger partial charge in [0.25, 0.3) is 0 Å². The number of halogens is 2. The Balaban J connectivity index is 0.000000143. The summed E-state index contributed by atoms with van der Waals surface area (Å²) in [5.74, 6) is 3.03. The Morgan fingerprint density at radius 2 is 1.66 bits per heavy atom. The first-order valence-corrected chi connectivity index (χ1v) is 16.5. The van der Waals surface area contributed by atoms with Crippen LogP contribution in [0.25, 0.3) is 0 Å². The minimum Gasteiger partial charge on any atom is -0.493 e. The van der Waals surface area contributed by atoms with Crippen LogP contribution >= 0.6 is 31.9 Å². The van der Waals surface area contributed by atoms with Gasteiger partial charge in [0.15, 0.2) is 28.8 Å². The minimum absolute atomic E-state index is 0.0416. The fourth-order valence-corrected chi connectivity index (χ4v) is 9.03. The van der Waals surface area contributed by atoms with Gasteiger partial charge in [0.2, 0.25) is 6.41 Å². The lowest BCUT2D eigenvalue weighted by Gasteiger charge is -2.35. The lowest BCUT2D eigenvalue weighted by Crippen LogP contribution is -2.48. The summed E-state index contributed by atoms with van der Waals surface area (Å²) in [7, 11) is 3.28. The number of benzene rings is 2. The van der Waals surface area contributed by atoms with Crippen LogP contribution in [-0.4, -0.2) is 80.9 Å². The molecule has 0 saturated carbocycles. The normalized spacial score (nSPS) is 30.2. The van der Waals surface area contributed by atoms with E-state index >= 15 is 0 Å². The number of aliphatic hydroxyl groups excluding tert-OH is 1. The average Bonchev–Trinajstić information content (AvgIpc) is 3.35. The third kappa shape index (κ3) is 4.45. The first-order valence-electron chi connectivity index (χ1n) is 14.9. The first-order chi connectivity index (χ1) is 21.2. The molecule has 2 aromatic rings. The standard InChI is InChI=1S/C17H16BrNO4.C16H18BrNO3/c1-22-13-7-12(18)11-3-5-19(9-20)8-17-4-2-10(21)6-14(17)23-16(13)15(11)17;1-20-12-7-11(17)10-3-5-18-8-16-4-2-9(19)6-13(16)21-15(12)14(10)16/h2,4,7,9,14H,3,5-6,8H2,1H3;2,4,7,9,13,18-19H,3,5-6,8H2,1H3/t;9-,13?,16?/m.0/s1. The number of allylic oxidation sites excluding steroid dienone is 1. The molecule has 2 aliphatic carbocycles. The molecule has 0 bridgehead atoms. The molecule has 2 N–H and O–H groups in total. The summed E-state index contributed by atoms with van der Waals surface area (Å²) in [6.07, 6.45) is 10.3. The third-order valence-electron chi connectivity index (χ3n) is 9.89. The molecular weight excluding hydrogens is 696 g/mol. The molecule has 2 aromatic carbocycles. The molecule has 2 spiro atoms. The highest BCUT2D eigenvalue weighted by molar-refractivity contribution is 9.10. The molecule has 8 rings (SSSR count). The van der Waals surface area contributed by atoms with E-state index in [1.54, 1.807) is 25.2 Å². The molecule has 11 heteroatoms. The van der Waals surface area contributed by atoms with Crippen molar-refractivity contribution < 1.29 is 33.6 Å². The van der Waals surface area contributed by atoms with E-state index in [9.17, 15) is 14.7 Å². The number of methoxy groups -OCH3 is 2. The van der Waals surface area contributed by atoms with Gasteiger partial charge in [-0.05, 0) is 48.7 Å². The second-order valence-electron chi connectivity index (χ2n) is 12.2. The zero-order valence-electron chi connectivity index (χ0n) is 24.5. The lowest BCUT2D eigenvalue weighted by atomic mass is 9.71. The van der Waals surface area contributed by atoms with Crippen LogP contribution in [0.15, 0.2) is 45.4 Å². The quantitative estimate of drug-likeness (QED) is 0.362. The maximum atomic E-state index is 11.9. The van der Waals surface area contributed by atoms with Crippen molar-refractivity contribution in [2.45, 2.75) is 54.8 Å². The maximum absolute atomic E-state index is 11.9. The highest BCUT2D eigenvalue weighted by atomic mass is 79.9. The molecule has 0 saturated heterocycles. The number of rotatable bonds is 3. The summed E-state index contributed by atoms with van der Waals surface area (Å²) in [6.45, 7) is 2.95. The van der Waals surface area contributed by atoms with E-state index < -0.39 is 11.5 Å². The maximum Gasteiger partial charge on any atom is 0.209 e. The van der Waals surface area contributed by atoms with Gasteiger partial charge in [-0.2, -0.15) is 0 Å². The fraction of sp³-hybridized carbons (Fsp3) is 0.455. The molecule has 232 valence electrons. The molecule has 1 amide bonds. The Labute approximate surface area is 272 Å². The van der Waals surface area contributed by atoms with E-state index in [0.717, 1.165) is 63.9 Å². The number of carbonyl (C=O) groups excluding carboxylic acids is 2. The molecule has 5 atom stereocenters. The summed E-state index contributed by atoms with van der Waals surface area (Å²) in [5.41, 5.74) is 4.03. The molecule has 0 aromatic heterocycles. The van der Waals surface area contributed by atoms with Crippen LogP contribution in [0.3, 0.4) is 0 Å². The number of hydrogen-bond acceptors (Lipinski definition) is 8. The number of ether oxygens (including phenoxy) is 4. The van der Waals surface area contributed by atoms with Gasteiger partial charge >= 0.3 is 0 Å². The van der Waals surface area contributed by atoms with Gasteiger partial charge in [-0.25, -0.2) is 0 Å². The van der Waals surface area contributed by atoms with E-state index in [1.807, 2.05) is 24.3 Å². The van der Waals surface area contributed by atoms with Gasteiger partial charge in [-0.15, -0.1) is 0 Å². The van der Waals surface area contributed by atoms with Gasteiger partial charge in [0.05, 0.1) is 31.2 Å². The first kappa shape index (κ1) is 29.8. The molecule has 4 aliphatic heterocycles. The largest absolute Gasteiger partial charge is 0.493 e. The summed E-state index contributed by atoms with van der Waals surface area (Å²) in [4.78, 5) is 25.1. The Bertz CT molecular complexity index is 1610. The highest BCUT2D eigenvalue weighted by Crippen LogP contribution is 2.56. The Morgan fingerprint density at radius 1 is 1.00 bits per heavy atom. The van der Waals surface area contributed by atoms with Crippen LogP contribution < -0.4 is 24.3 Å².